The van der Waals surface area contributed by atoms with E-state index in [2.05, 4.69) is 168 Å². The number of hydrogen-bond acceptors (Lipinski definition) is 3. The molecule has 3 nitrogen and oxygen atoms in total. The van der Waals surface area contributed by atoms with E-state index in [9.17, 15) is 0 Å². The van der Waals surface area contributed by atoms with E-state index in [0.29, 0.717) is 0 Å². The Balaban J connectivity index is 1.22. The Morgan fingerprint density at radius 3 is 1.74 bits per heavy atom. The van der Waals surface area contributed by atoms with Gasteiger partial charge >= 0.3 is 7.12 Å². The van der Waals surface area contributed by atoms with Crippen LogP contribution in [0.25, 0.3) is 49.8 Å². The summed E-state index contributed by atoms with van der Waals surface area (Å²) in [6.45, 7) is 14.6. The summed E-state index contributed by atoms with van der Waals surface area (Å²) in [6, 6.07) is 48.5. The van der Waals surface area contributed by atoms with Crippen LogP contribution < -0.4 is 5.46 Å². The first-order valence-corrected chi connectivity index (χ1v) is 17.5. The van der Waals surface area contributed by atoms with Crippen LogP contribution in [0.15, 0.2) is 144 Å². The van der Waals surface area contributed by atoms with E-state index in [1.807, 2.05) is 6.92 Å². The highest BCUT2D eigenvalue weighted by Gasteiger charge is 2.52. The van der Waals surface area contributed by atoms with E-state index in [0.717, 1.165) is 49.7 Å². The summed E-state index contributed by atoms with van der Waals surface area (Å²) in [5.41, 5.74) is 13.0. The summed E-state index contributed by atoms with van der Waals surface area (Å²) < 4.78 is 20.0. The lowest BCUT2D eigenvalue weighted by molar-refractivity contribution is 0.00578. The third-order valence-corrected chi connectivity index (χ3v) is 11.4. The molecule has 0 bridgehead atoms. The first kappa shape index (κ1) is 30.9. The second-order valence-corrected chi connectivity index (χ2v) is 14.9. The predicted octanol–water partition coefficient (Wildman–Crippen LogP) is 10.9. The van der Waals surface area contributed by atoms with Gasteiger partial charge in [-0.15, -0.1) is 0 Å². The summed E-state index contributed by atoms with van der Waals surface area (Å²) in [5, 5.41) is 2.09. The Morgan fingerprint density at radius 1 is 0.560 bits per heavy atom. The first-order chi connectivity index (χ1) is 24.1. The van der Waals surface area contributed by atoms with Crippen LogP contribution in [0.3, 0.4) is 0 Å². The standard InChI is InChI=1S/C46H39BO3/c1-29(2)31-27-38-37-20-14-19-34(42(37)48-43(38)41(28-31)47-49-44(3,4)45(5,6)50-47)30-23-25-33(26-24-30)46(32-15-8-7-9-16-32)39-21-12-10-17-35(39)36-18-11-13-22-40(36)46/h7-28H,1H2,2-6H3. The molecule has 1 saturated heterocycles. The van der Waals surface area contributed by atoms with Gasteiger partial charge in [0.1, 0.15) is 11.2 Å². The molecule has 0 N–H and O–H groups in total. The van der Waals surface area contributed by atoms with Crippen molar-refractivity contribution in [2.45, 2.75) is 51.2 Å². The zero-order valence-corrected chi connectivity index (χ0v) is 29.2. The summed E-state index contributed by atoms with van der Waals surface area (Å²) >= 11 is 0. The molecule has 0 amide bonds. The normalized spacial score (nSPS) is 16.9. The summed E-state index contributed by atoms with van der Waals surface area (Å²) in [4.78, 5) is 0. The molecule has 0 atom stereocenters. The molecule has 1 aliphatic heterocycles. The smallest absolute Gasteiger partial charge is 0.456 e. The van der Waals surface area contributed by atoms with Crippen molar-refractivity contribution < 1.29 is 13.7 Å². The lowest BCUT2D eigenvalue weighted by Gasteiger charge is -2.34. The van der Waals surface area contributed by atoms with Gasteiger partial charge < -0.3 is 13.7 Å². The molecule has 2 heterocycles. The Bertz CT molecular complexity index is 2410. The Morgan fingerprint density at radius 2 is 1.12 bits per heavy atom. The van der Waals surface area contributed by atoms with E-state index in [1.54, 1.807) is 0 Å². The highest BCUT2D eigenvalue weighted by atomic mass is 16.7. The van der Waals surface area contributed by atoms with Gasteiger partial charge in [-0.25, -0.2) is 0 Å². The fourth-order valence-corrected chi connectivity index (χ4v) is 8.16. The minimum absolute atomic E-state index is 0.435. The number of allylic oxidation sites excluding steroid dienone is 1. The molecule has 2 aliphatic rings. The fraction of sp³-hybridized carbons (Fsp3) is 0.174. The topological polar surface area (TPSA) is 31.6 Å². The van der Waals surface area contributed by atoms with Crippen molar-refractivity contribution in [1.82, 2.24) is 0 Å². The van der Waals surface area contributed by atoms with Gasteiger partial charge in [0.05, 0.1) is 16.6 Å². The lowest BCUT2D eigenvalue weighted by Crippen LogP contribution is -2.41. The maximum Gasteiger partial charge on any atom is 0.498 e. The Hall–Kier alpha value is -5.16. The molecule has 7 aromatic rings. The van der Waals surface area contributed by atoms with Gasteiger partial charge in [0.25, 0.3) is 0 Å². The molecule has 0 saturated carbocycles. The number of hydrogen-bond donors (Lipinski definition) is 0. The van der Waals surface area contributed by atoms with Crippen molar-refractivity contribution in [2.75, 3.05) is 0 Å². The number of para-hydroxylation sites is 1. The number of benzene rings is 6. The number of fused-ring (bicyclic) bond motifs is 6. The van der Waals surface area contributed by atoms with Crippen LogP contribution in [-0.4, -0.2) is 18.3 Å². The van der Waals surface area contributed by atoms with Gasteiger partial charge in [0.2, 0.25) is 0 Å². The fourth-order valence-electron chi connectivity index (χ4n) is 8.16. The van der Waals surface area contributed by atoms with Crippen molar-refractivity contribution in [3.05, 3.63) is 168 Å². The maximum absolute atomic E-state index is 6.88. The highest BCUT2D eigenvalue weighted by Crippen LogP contribution is 2.56. The van der Waals surface area contributed by atoms with Gasteiger partial charge in [-0.05, 0) is 85.2 Å². The van der Waals surface area contributed by atoms with E-state index in [1.165, 1.54) is 33.4 Å². The second kappa shape index (κ2) is 10.9. The first-order valence-electron chi connectivity index (χ1n) is 17.5. The van der Waals surface area contributed by atoms with Gasteiger partial charge in [0.15, 0.2) is 0 Å². The largest absolute Gasteiger partial charge is 0.498 e. The molecule has 9 rings (SSSR count). The third kappa shape index (κ3) is 4.32. The third-order valence-electron chi connectivity index (χ3n) is 11.4. The molecular formula is C46H39BO3. The number of furan rings is 1. The molecule has 0 radical (unpaired) electrons. The van der Waals surface area contributed by atoms with Crippen LogP contribution in [-0.2, 0) is 14.7 Å². The summed E-state index contributed by atoms with van der Waals surface area (Å²) in [6.07, 6.45) is 0. The van der Waals surface area contributed by atoms with Crippen molar-refractivity contribution in [2.24, 2.45) is 0 Å². The number of rotatable bonds is 5. The van der Waals surface area contributed by atoms with Crippen molar-refractivity contribution >= 4 is 40.1 Å². The van der Waals surface area contributed by atoms with Gasteiger partial charge in [0, 0.05) is 21.8 Å². The van der Waals surface area contributed by atoms with Crippen LogP contribution in [0.5, 0.6) is 0 Å². The average Bonchev–Trinajstić information content (AvgIpc) is 3.73. The van der Waals surface area contributed by atoms with Gasteiger partial charge in [-0.3, -0.25) is 0 Å². The van der Waals surface area contributed by atoms with E-state index < -0.39 is 23.7 Å². The van der Waals surface area contributed by atoms with Crippen molar-refractivity contribution in [3.8, 4) is 22.3 Å². The molecule has 50 heavy (non-hydrogen) atoms. The average molecular weight is 651 g/mol. The van der Waals surface area contributed by atoms with Crippen molar-refractivity contribution in [1.29, 1.82) is 0 Å². The van der Waals surface area contributed by atoms with Crippen LogP contribution in [0.1, 0.15) is 62.4 Å². The molecular weight excluding hydrogens is 611 g/mol. The Labute approximate surface area is 294 Å². The maximum atomic E-state index is 6.88. The molecule has 6 aromatic carbocycles. The molecule has 4 heteroatoms. The molecule has 1 fully saturated rings. The molecule has 0 spiro atoms. The van der Waals surface area contributed by atoms with E-state index in [4.69, 9.17) is 13.7 Å². The quantitative estimate of drug-likeness (QED) is 0.174. The monoisotopic (exact) mass is 650 g/mol. The highest BCUT2D eigenvalue weighted by molar-refractivity contribution is 6.65. The molecule has 1 aliphatic carbocycles. The van der Waals surface area contributed by atoms with Gasteiger partial charge in [-0.1, -0.05) is 140 Å². The lowest BCUT2D eigenvalue weighted by atomic mass is 9.67. The zero-order chi connectivity index (χ0) is 34.4. The van der Waals surface area contributed by atoms with Gasteiger partial charge in [-0.2, -0.15) is 0 Å². The zero-order valence-electron chi connectivity index (χ0n) is 29.2. The van der Waals surface area contributed by atoms with Crippen molar-refractivity contribution in [3.63, 3.8) is 0 Å². The molecule has 1 aromatic heterocycles. The minimum atomic E-state index is -0.559. The summed E-state index contributed by atoms with van der Waals surface area (Å²) in [5.74, 6) is 0. The van der Waals surface area contributed by atoms with Crippen LogP contribution in [0.4, 0.5) is 0 Å². The van der Waals surface area contributed by atoms with Crippen LogP contribution >= 0.6 is 0 Å². The van der Waals surface area contributed by atoms with E-state index in [-0.39, 0.29) is 0 Å². The minimum Gasteiger partial charge on any atom is -0.456 e. The second-order valence-electron chi connectivity index (χ2n) is 14.9. The SMILES string of the molecule is C=C(C)c1cc(B2OC(C)(C)C(C)(C)O2)c2oc3c(-c4ccc(C5(c6ccccc6)c6ccccc6-c6ccccc65)cc4)cccc3c2c1. The van der Waals surface area contributed by atoms with Crippen LogP contribution in [0, 0.1) is 0 Å². The molecule has 0 unspecified atom stereocenters. The van der Waals surface area contributed by atoms with Crippen LogP contribution in [0.2, 0.25) is 0 Å². The molecule has 244 valence electrons. The predicted molar refractivity (Wildman–Crippen MR) is 207 cm³/mol. The van der Waals surface area contributed by atoms with E-state index >= 15 is 0 Å². The Kier molecular flexibility index (Phi) is 6.74. The summed E-state index contributed by atoms with van der Waals surface area (Å²) in [7, 11) is -0.559.